The van der Waals surface area contributed by atoms with E-state index in [1.54, 1.807) is 11.9 Å². The summed E-state index contributed by atoms with van der Waals surface area (Å²) in [5.41, 5.74) is 5.29. The highest BCUT2D eigenvalue weighted by atomic mass is 16.2. The van der Waals surface area contributed by atoms with E-state index >= 15 is 0 Å². The molecule has 2 amide bonds. The summed E-state index contributed by atoms with van der Waals surface area (Å²) >= 11 is 0. The molecule has 0 aromatic heterocycles. The van der Waals surface area contributed by atoms with Gasteiger partial charge in [-0.1, -0.05) is 0 Å². The van der Waals surface area contributed by atoms with Gasteiger partial charge in [0.05, 0.1) is 6.54 Å². The van der Waals surface area contributed by atoms with Gasteiger partial charge in [-0.3, -0.25) is 9.59 Å². The zero-order valence-electron chi connectivity index (χ0n) is 8.17. The Morgan fingerprint density at radius 3 is 2.54 bits per heavy atom. The Morgan fingerprint density at radius 1 is 1.46 bits per heavy atom. The summed E-state index contributed by atoms with van der Waals surface area (Å²) in [6.45, 7) is 2.65. The van der Waals surface area contributed by atoms with Crippen LogP contribution in [0.2, 0.25) is 0 Å². The molecule has 0 radical (unpaired) electrons. The van der Waals surface area contributed by atoms with Gasteiger partial charge in [0.15, 0.2) is 0 Å². The van der Waals surface area contributed by atoms with E-state index in [4.69, 9.17) is 5.73 Å². The first-order valence-electron chi connectivity index (χ1n) is 4.26. The summed E-state index contributed by atoms with van der Waals surface area (Å²) in [5, 5.41) is 2.44. The highest BCUT2D eigenvalue weighted by Crippen LogP contribution is 1.86. The van der Waals surface area contributed by atoms with Gasteiger partial charge in [0, 0.05) is 20.5 Å². The van der Waals surface area contributed by atoms with Gasteiger partial charge in [-0.25, -0.2) is 0 Å². The number of nitrogens with two attached hydrogens (primary N) is 1. The lowest BCUT2D eigenvalue weighted by Crippen LogP contribution is -2.38. The molecular weight excluding hydrogens is 170 g/mol. The molecule has 0 aliphatic heterocycles. The van der Waals surface area contributed by atoms with Crippen LogP contribution in [0.25, 0.3) is 0 Å². The lowest BCUT2D eigenvalue weighted by atomic mass is 10.4. The molecule has 0 aliphatic carbocycles. The van der Waals surface area contributed by atoms with Crippen LogP contribution in [0.5, 0.6) is 0 Å². The highest BCUT2D eigenvalue weighted by Gasteiger charge is 2.07. The Hall–Kier alpha value is -1.10. The SMILES string of the molecule is CC(=O)NCC(=O)N(C)CCCN. The molecule has 3 N–H and O–H groups in total. The molecule has 0 spiro atoms. The predicted molar refractivity (Wildman–Crippen MR) is 50.0 cm³/mol. The second-order valence-electron chi connectivity index (χ2n) is 2.87. The van der Waals surface area contributed by atoms with Crippen molar-refractivity contribution < 1.29 is 9.59 Å². The molecule has 0 unspecified atom stereocenters. The number of rotatable bonds is 5. The van der Waals surface area contributed by atoms with Gasteiger partial charge in [-0.15, -0.1) is 0 Å². The van der Waals surface area contributed by atoms with Crippen molar-refractivity contribution in [3.05, 3.63) is 0 Å². The average Bonchev–Trinajstić information content (AvgIpc) is 2.10. The molecule has 5 heteroatoms. The van der Waals surface area contributed by atoms with Crippen molar-refractivity contribution in [2.24, 2.45) is 5.73 Å². The smallest absolute Gasteiger partial charge is 0.241 e. The predicted octanol–water partition coefficient (Wildman–Crippen LogP) is -1.07. The quantitative estimate of drug-likeness (QED) is 0.575. The fourth-order valence-corrected chi connectivity index (χ4v) is 0.788. The van der Waals surface area contributed by atoms with E-state index in [-0.39, 0.29) is 18.4 Å². The van der Waals surface area contributed by atoms with Gasteiger partial charge in [-0.2, -0.15) is 0 Å². The third-order valence-corrected chi connectivity index (χ3v) is 1.61. The highest BCUT2D eigenvalue weighted by molar-refractivity contribution is 5.83. The maximum Gasteiger partial charge on any atom is 0.241 e. The minimum atomic E-state index is -0.194. The fourth-order valence-electron chi connectivity index (χ4n) is 0.788. The number of nitrogens with zero attached hydrogens (tertiary/aromatic N) is 1. The van der Waals surface area contributed by atoms with E-state index in [0.29, 0.717) is 13.1 Å². The monoisotopic (exact) mass is 187 g/mol. The minimum absolute atomic E-state index is 0.0659. The Morgan fingerprint density at radius 2 is 2.08 bits per heavy atom. The van der Waals surface area contributed by atoms with Crippen molar-refractivity contribution in [2.45, 2.75) is 13.3 Å². The summed E-state index contributed by atoms with van der Waals surface area (Å²) in [6.07, 6.45) is 0.780. The number of carbonyl (C=O) groups is 2. The first-order chi connectivity index (χ1) is 6.07. The Labute approximate surface area is 78.3 Å². The third-order valence-electron chi connectivity index (χ3n) is 1.61. The second-order valence-corrected chi connectivity index (χ2v) is 2.87. The lowest BCUT2D eigenvalue weighted by Gasteiger charge is -2.16. The molecular formula is C8H17N3O2. The van der Waals surface area contributed by atoms with Gasteiger partial charge in [0.2, 0.25) is 11.8 Å². The van der Waals surface area contributed by atoms with Crippen molar-refractivity contribution in [1.29, 1.82) is 0 Å². The average molecular weight is 187 g/mol. The van der Waals surface area contributed by atoms with Crippen LogP contribution in [0.15, 0.2) is 0 Å². The molecule has 76 valence electrons. The largest absolute Gasteiger partial charge is 0.347 e. The van der Waals surface area contributed by atoms with E-state index < -0.39 is 0 Å². The summed E-state index contributed by atoms with van der Waals surface area (Å²) in [6, 6.07) is 0. The number of amides is 2. The summed E-state index contributed by atoms with van der Waals surface area (Å²) in [5.74, 6) is -0.288. The van der Waals surface area contributed by atoms with Crippen molar-refractivity contribution in [2.75, 3.05) is 26.7 Å². The minimum Gasteiger partial charge on any atom is -0.347 e. The zero-order valence-corrected chi connectivity index (χ0v) is 8.17. The van der Waals surface area contributed by atoms with Crippen LogP contribution < -0.4 is 11.1 Å². The molecule has 13 heavy (non-hydrogen) atoms. The van der Waals surface area contributed by atoms with Gasteiger partial charge < -0.3 is 16.0 Å². The molecule has 0 bridgehead atoms. The summed E-state index contributed by atoms with van der Waals surface area (Å²) < 4.78 is 0. The van der Waals surface area contributed by atoms with Crippen LogP contribution >= 0.6 is 0 Å². The molecule has 0 saturated carbocycles. The Kier molecular flexibility index (Phi) is 5.88. The number of hydrogen-bond acceptors (Lipinski definition) is 3. The van der Waals surface area contributed by atoms with Crippen molar-refractivity contribution in [3.63, 3.8) is 0 Å². The van der Waals surface area contributed by atoms with Crippen LogP contribution in [0.1, 0.15) is 13.3 Å². The van der Waals surface area contributed by atoms with Crippen LogP contribution in [-0.4, -0.2) is 43.4 Å². The second kappa shape index (κ2) is 6.42. The van der Waals surface area contributed by atoms with Gasteiger partial charge in [0.25, 0.3) is 0 Å². The lowest BCUT2D eigenvalue weighted by molar-refractivity contribution is -0.131. The molecule has 0 saturated heterocycles. The first kappa shape index (κ1) is 11.9. The zero-order chi connectivity index (χ0) is 10.3. The molecule has 0 aromatic carbocycles. The third kappa shape index (κ3) is 6.10. The van der Waals surface area contributed by atoms with E-state index in [1.807, 2.05) is 0 Å². The van der Waals surface area contributed by atoms with Gasteiger partial charge in [0.1, 0.15) is 0 Å². The number of hydrogen-bond donors (Lipinski definition) is 2. The van der Waals surface area contributed by atoms with Crippen molar-refractivity contribution in [1.82, 2.24) is 10.2 Å². The van der Waals surface area contributed by atoms with Gasteiger partial charge in [-0.05, 0) is 13.0 Å². The van der Waals surface area contributed by atoms with Crippen molar-refractivity contribution >= 4 is 11.8 Å². The maximum atomic E-state index is 11.2. The molecule has 0 aromatic rings. The molecule has 0 heterocycles. The topological polar surface area (TPSA) is 75.4 Å². The number of likely N-dealkylation sites (N-methyl/N-ethyl adjacent to an activating group) is 1. The van der Waals surface area contributed by atoms with Crippen LogP contribution in [0, 0.1) is 0 Å². The molecule has 0 atom stereocenters. The normalized spacial score (nSPS) is 9.46. The summed E-state index contributed by atoms with van der Waals surface area (Å²) in [7, 11) is 1.69. The first-order valence-corrected chi connectivity index (χ1v) is 4.26. The van der Waals surface area contributed by atoms with Gasteiger partial charge >= 0.3 is 0 Å². The fraction of sp³-hybridized carbons (Fsp3) is 0.750. The van der Waals surface area contributed by atoms with Crippen molar-refractivity contribution in [3.8, 4) is 0 Å². The Balaban J connectivity index is 3.63. The molecule has 0 fully saturated rings. The van der Waals surface area contributed by atoms with E-state index in [9.17, 15) is 9.59 Å². The summed E-state index contributed by atoms with van der Waals surface area (Å²) in [4.78, 5) is 23.3. The number of nitrogens with one attached hydrogen (secondary N) is 1. The number of carbonyl (C=O) groups excluding carboxylic acids is 2. The molecule has 0 rings (SSSR count). The standard InChI is InChI=1S/C8H17N3O2/c1-7(12)10-6-8(13)11(2)5-3-4-9/h3-6,9H2,1-2H3,(H,10,12). The Bertz CT molecular complexity index is 182. The molecule has 5 nitrogen and oxygen atoms in total. The van der Waals surface area contributed by atoms with E-state index in [0.717, 1.165) is 6.42 Å². The van der Waals surface area contributed by atoms with Crippen LogP contribution in [0.4, 0.5) is 0 Å². The van der Waals surface area contributed by atoms with Crippen LogP contribution in [-0.2, 0) is 9.59 Å². The van der Waals surface area contributed by atoms with E-state index in [2.05, 4.69) is 5.32 Å². The van der Waals surface area contributed by atoms with Crippen LogP contribution in [0.3, 0.4) is 0 Å². The maximum absolute atomic E-state index is 11.2. The van der Waals surface area contributed by atoms with E-state index in [1.165, 1.54) is 6.92 Å². The molecule has 0 aliphatic rings.